The number of fused-ring (bicyclic) bond motifs is 2. The second-order valence-electron chi connectivity index (χ2n) is 4.73. The highest BCUT2D eigenvalue weighted by Gasteiger charge is 2.41. The second kappa shape index (κ2) is 4.39. The number of nitrogens with zero attached hydrogens (tertiary/aromatic N) is 2. The Labute approximate surface area is 105 Å². The highest BCUT2D eigenvalue weighted by molar-refractivity contribution is 5.92. The van der Waals surface area contributed by atoms with Crippen LogP contribution in [0.1, 0.15) is 35.3 Å². The molecule has 2 saturated heterocycles. The first-order valence-corrected chi connectivity index (χ1v) is 6.09. The lowest BCUT2D eigenvalue weighted by molar-refractivity contribution is 0.0837. The van der Waals surface area contributed by atoms with Crippen molar-refractivity contribution in [2.45, 2.75) is 37.5 Å². The van der Waals surface area contributed by atoms with E-state index < -0.39 is 0 Å². The summed E-state index contributed by atoms with van der Waals surface area (Å²) in [7, 11) is 0. The summed E-state index contributed by atoms with van der Waals surface area (Å²) < 4.78 is 5.68. The van der Waals surface area contributed by atoms with Gasteiger partial charge in [0.15, 0.2) is 0 Å². The van der Waals surface area contributed by atoms with Gasteiger partial charge >= 0.3 is 0 Å². The molecule has 0 aliphatic carbocycles. The molecule has 0 spiro atoms. The van der Waals surface area contributed by atoms with Crippen LogP contribution >= 0.6 is 0 Å². The van der Waals surface area contributed by atoms with E-state index in [0.717, 1.165) is 19.3 Å². The van der Waals surface area contributed by atoms with E-state index in [-0.39, 0.29) is 23.7 Å². The van der Waals surface area contributed by atoms with Crippen LogP contribution in [0.4, 0.5) is 0 Å². The van der Waals surface area contributed by atoms with Gasteiger partial charge in [-0.1, -0.05) is 0 Å². The predicted octanol–water partition coefficient (Wildman–Crippen LogP) is 1.00. The lowest BCUT2D eigenvalue weighted by atomic mass is 9.95. The van der Waals surface area contributed by atoms with Crippen LogP contribution in [-0.4, -0.2) is 29.1 Å². The third kappa shape index (κ3) is 1.95. The number of pyridine rings is 1. The molecule has 5 heteroatoms. The predicted molar refractivity (Wildman–Crippen MR) is 62.7 cm³/mol. The number of amides is 1. The highest BCUT2D eigenvalue weighted by atomic mass is 16.5. The Morgan fingerprint density at radius 2 is 2.44 bits per heavy atom. The van der Waals surface area contributed by atoms with E-state index in [9.17, 15) is 4.79 Å². The maximum absolute atomic E-state index is 12.0. The Balaban J connectivity index is 1.69. The first-order chi connectivity index (χ1) is 8.76. The van der Waals surface area contributed by atoms with Gasteiger partial charge in [0.1, 0.15) is 5.69 Å². The quantitative estimate of drug-likeness (QED) is 0.841. The third-order valence-electron chi connectivity index (χ3n) is 3.54. The molecule has 2 bridgehead atoms. The van der Waals surface area contributed by atoms with Crippen LogP contribution in [0.2, 0.25) is 0 Å². The molecule has 2 fully saturated rings. The maximum Gasteiger partial charge on any atom is 0.270 e. The van der Waals surface area contributed by atoms with Gasteiger partial charge in [-0.05, 0) is 31.4 Å². The summed E-state index contributed by atoms with van der Waals surface area (Å²) in [6.45, 7) is 0. The molecule has 18 heavy (non-hydrogen) atoms. The van der Waals surface area contributed by atoms with E-state index in [2.05, 4.69) is 10.3 Å². The van der Waals surface area contributed by atoms with Crippen molar-refractivity contribution in [2.24, 2.45) is 0 Å². The van der Waals surface area contributed by atoms with Crippen LogP contribution in [0.15, 0.2) is 18.3 Å². The molecule has 2 aliphatic rings. The minimum absolute atomic E-state index is 0.0868. The van der Waals surface area contributed by atoms with Crippen molar-refractivity contribution in [3.8, 4) is 6.07 Å². The van der Waals surface area contributed by atoms with Crippen molar-refractivity contribution in [3.63, 3.8) is 0 Å². The largest absolute Gasteiger partial charge is 0.373 e. The SMILES string of the molecule is N#Cc1ccnc(C(=O)NC2CC3CCC2O3)c1. The summed E-state index contributed by atoms with van der Waals surface area (Å²) in [5.74, 6) is -0.228. The maximum atomic E-state index is 12.0. The van der Waals surface area contributed by atoms with E-state index in [0.29, 0.717) is 11.7 Å². The van der Waals surface area contributed by atoms with Crippen LogP contribution < -0.4 is 5.32 Å². The zero-order valence-corrected chi connectivity index (χ0v) is 9.80. The van der Waals surface area contributed by atoms with Gasteiger partial charge in [-0.15, -0.1) is 0 Å². The molecular weight excluding hydrogens is 230 g/mol. The van der Waals surface area contributed by atoms with E-state index in [1.807, 2.05) is 6.07 Å². The number of carbonyl (C=O) groups excluding carboxylic acids is 1. The average molecular weight is 243 g/mol. The number of ether oxygens (including phenoxy) is 1. The Kier molecular flexibility index (Phi) is 2.73. The number of nitrogens with one attached hydrogen (secondary N) is 1. The molecule has 1 aromatic rings. The smallest absolute Gasteiger partial charge is 0.270 e. The molecule has 2 aliphatic heterocycles. The van der Waals surface area contributed by atoms with Crippen LogP contribution in [-0.2, 0) is 4.74 Å². The summed E-state index contributed by atoms with van der Waals surface area (Å²) >= 11 is 0. The Morgan fingerprint density at radius 1 is 1.56 bits per heavy atom. The lowest BCUT2D eigenvalue weighted by Crippen LogP contribution is -2.41. The fraction of sp³-hybridized carbons (Fsp3) is 0.462. The molecule has 5 nitrogen and oxygen atoms in total. The van der Waals surface area contributed by atoms with Crippen molar-refractivity contribution in [1.82, 2.24) is 10.3 Å². The third-order valence-corrected chi connectivity index (χ3v) is 3.54. The molecule has 1 amide bonds. The zero-order valence-electron chi connectivity index (χ0n) is 9.80. The topological polar surface area (TPSA) is 75.0 Å². The molecular formula is C13H13N3O2. The number of rotatable bonds is 2. The van der Waals surface area contributed by atoms with Crippen molar-refractivity contribution in [1.29, 1.82) is 5.26 Å². The summed E-state index contributed by atoms with van der Waals surface area (Å²) in [6.07, 6.45) is 4.93. The minimum atomic E-state index is -0.228. The lowest BCUT2D eigenvalue weighted by Gasteiger charge is -2.19. The van der Waals surface area contributed by atoms with Crippen LogP contribution in [0, 0.1) is 11.3 Å². The summed E-state index contributed by atoms with van der Waals surface area (Å²) in [5, 5.41) is 11.7. The van der Waals surface area contributed by atoms with Gasteiger partial charge in [-0.3, -0.25) is 9.78 Å². The Bertz CT molecular complexity index is 523. The number of hydrogen-bond acceptors (Lipinski definition) is 4. The zero-order chi connectivity index (χ0) is 12.5. The molecule has 3 heterocycles. The molecule has 1 aromatic heterocycles. The first-order valence-electron chi connectivity index (χ1n) is 6.09. The normalized spacial score (nSPS) is 28.9. The number of nitriles is 1. The molecule has 0 saturated carbocycles. The van der Waals surface area contributed by atoms with Crippen molar-refractivity contribution in [2.75, 3.05) is 0 Å². The van der Waals surface area contributed by atoms with E-state index in [1.54, 1.807) is 6.07 Å². The van der Waals surface area contributed by atoms with Crippen LogP contribution in [0.3, 0.4) is 0 Å². The van der Waals surface area contributed by atoms with E-state index >= 15 is 0 Å². The van der Waals surface area contributed by atoms with Crippen LogP contribution in [0.5, 0.6) is 0 Å². The Morgan fingerprint density at radius 3 is 3.11 bits per heavy atom. The van der Waals surface area contributed by atoms with Gasteiger partial charge in [0, 0.05) is 6.20 Å². The standard InChI is InChI=1S/C13H13N3O2/c14-7-8-3-4-15-11(5-8)13(17)16-10-6-9-1-2-12(10)18-9/h3-5,9-10,12H,1-2,6H2,(H,16,17). The van der Waals surface area contributed by atoms with Crippen molar-refractivity contribution < 1.29 is 9.53 Å². The summed E-state index contributed by atoms with van der Waals surface area (Å²) in [4.78, 5) is 16.0. The highest BCUT2D eigenvalue weighted by Crippen LogP contribution is 2.34. The molecule has 0 aromatic carbocycles. The van der Waals surface area contributed by atoms with Gasteiger partial charge in [0.05, 0.1) is 29.9 Å². The number of hydrogen-bond donors (Lipinski definition) is 1. The summed E-state index contributed by atoms with van der Waals surface area (Å²) in [5.41, 5.74) is 0.733. The van der Waals surface area contributed by atoms with Crippen LogP contribution in [0.25, 0.3) is 0 Å². The van der Waals surface area contributed by atoms with Gasteiger partial charge in [0.2, 0.25) is 0 Å². The van der Waals surface area contributed by atoms with Crippen molar-refractivity contribution in [3.05, 3.63) is 29.6 Å². The van der Waals surface area contributed by atoms with Crippen molar-refractivity contribution >= 4 is 5.91 Å². The van der Waals surface area contributed by atoms with Gasteiger partial charge in [-0.2, -0.15) is 5.26 Å². The first kappa shape index (κ1) is 11.2. The van der Waals surface area contributed by atoms with E-state index in [1.165, 1.54) is 12.3 Å². The molecule has 1 N–H and O–H groups in total. The summed E-state index contributed by atoms with van der Waals surface area (Å²) in [6, 6.07) is 5.17. The van der Waals surface area contributed by atoms with Gasteiger partial charge < -0.3 is 10.1 Å². The average Bonchev–Trinajstić information content (AvgIpc) is 3.01. The molecule has 3 atom stereocenters. The molecule has 3 unspecified atom stereocenters. The van der Waals surface area contributed by atoms with Gasteiger partial charge in [-0.25, -0.2) is 0 Å². The number of aromatic nitrogens is 1. The monoisotopic (exact) mass is 243 g/mol. The minimum Gasteiger partial charge on any atom is -0.373 e. The van der Waals surface area contributed by atoms with E-state index in [4.69, 9.17) is 10.00 Å². The fourth-order valence-corrected chi connectivity index (χ4v) is 2.66. The number of carbonyl (C=O) groups is 1. The molecule has 92 valence electrons. The molecule has 0 radical (unpaired) electrons. The second-order valence-corrected chi connectivity index (χ2v) is 4.73. The van der Waals surface area contributed by atoms with Gasteiger partial charge in [0.25, 0.3) is 5.91 Å². The fourth-order valence-electron chi connectivity index (χ4n) is 2.66. The molecule has 3 rings (SSSR count). The Hall–Kier alpha value is -1.93.